The molecule has 0 spiro atoms. The lowest BCUT2D eigenvalue weighted by molar-refractivity contribution is 0.0954. The standard InChI is InChI=1S/C15H15N3O6S/c1-8-7-11(20)13(9(2)19)15(24-8)18-17-14(21)10-5-3-4-6-12(10)25(16,22)23/h3-7,18H,1-2H3,(H,17,21)(H2,16,22,23). The Labute approximate surface area is 142 Å². The molecule has 1 aromatic heterocycles. The number of benzene rings is 1. The average molecular weight is 365 g/mol. The molecule has 0 radical (unpaired) electrons. The first-order valence-corrected chi connectivity index (χ1v) is 8.49. The van der Waals surface area contributed by atoms with Gasteiger partial charge in [0, 0.05) is 6.07 Å². The minimum absolute atomic E-state index is 0.211. The highest BCUT2D eigenvalue weighted by atomic mass is 32.2. The fourth-order valence-electron chi connectivity index (χ4n) is 2.11. The van der Waals surface area contributed by atoms with Gasteiger partial charge in [-0.3, -0.25) is 25.2 Å². The topological polar surface area (TPSA) is 149 Å². The van der Waals surface area contributed by atoms with Crippen molar-refractivity contribution in [1.29, 1.82) is 0 Å². The smallest absolute Gasteiger partial charge is 0.271 e. The first-order chi connectivity index (χ1) is 11.6. The number of Topliss-reactive ketones (excluding diaryl/α,β-unsaturated/α-hetero) is 1. The van der Waals surface area contributed by atoms with Crippen molar-refractivity contribution in [2.24, 2.45) is 5.14 Å². The van der Waals surface area contributed by atoms with Gasteiger partial charge >= 0.3 is 0 Å². The molecule has 0 aliphatic rings. The predicted molar refractivity (Wildman–Crippen MR) is 88.6 cm³/mol. The van der Waals surface area contributed by atoms with Crippen molar-refractivity contribution >= 4 is 27.6 Å². The van der Waals surface area contributed by atoms with Crippen molar-refractivity contribution < 1.29 is 22.4 Å². The van der Waals surface area contributed by atoms with E-state index in [1.165, 1.54) is 38.1 Å². The molecule has 0 bridgehead atoms. The molecule has 4 N–H and O–H groups in total. The van der Waals surface area contributed by atoms with E-state index in [1.54, 1.807) is 0 Å². The van der Waals surface area contributed by atoms with Gasteiger partial charge in [0.15, 0.2) is 11.2 Å². The zero-order valence-corrected chi connectivity index (χ0v) is 14.1. The van der Waals surface area contributed by atoms with Crippen LogP contribution >= 0.6 is 0 Å². The molecule has 132 valence electrons. The number of nitrogens with two attached hydrogens (primary N) is 1. The second-order valence-electron chi connectivity index (χ2n) is 5.10. The van der Waals surface area contributed by atoms with Crippen molar-refractivity contribution in [2.75, 3.05) is 5.43 Å². The fourth-order valence-corrected chi connectivity index (χ4v) is 2.85. The van der Waals surface area contributed by atoms with Gasteiger partial charge in [0.1, 0.15) is 11.3 Å². The van der Waals surface area contributed by atoms with E-state index in [-0.39, 0.29) is 27.7 Å². The Morgan fingerprint density at radius 2 is 1.84 bits per heavy atom. The molecule has 0 saturated heterocycles. The summed E-state index contributed by atoms with van der Waals surface area (Å²) >= 11 is 0. The Balaban J connectivity index is 2.34. The number of amides is 1. The highest BCUT2D eigenvalue weighted by Crippen LogP contribution is 2.16. The van der Waals surface area contributed by atoms with Gasteiger partial charge in [-0.2, -0.15) is 0 Å². The molecule has 1 aromatic carbocycles. The lowest BCUT2D eigenvalue weighted by atomic mass is 10.2. The Hall–Kier alpha value is -2.98. The Kier molecular flexibility index (Phi) is 5.04. The summed E-state index contributed by atoms with van der Waals surface area (Å²) in [5.74, 6) is -1.44. The van der Waals surface area contributed by atoms with Crippen molar-refractivity contribution in [3.63, 3.8) is 0 Å². The van der Waals surface area contributed by atoms with Crippen LogP contribution in [0.25, 0.3) is 0 Å². The molecule has 2 aromatic rings. The summed E-state index contributed by atoms with van der Waals surface area (Å²) in [4.78, 5) is 35.3. The predicted octanol–water partition coefficient (Wildman–Crippen LogP) is 0.555. The molecule has 0 fully saturated rings. The number of carbonyl (C=O) groups is 2. The van der Waals surface area contributed by atoms with E-state index in [4.69, 9.17) is 9.56 Å². The Bertz CT molecular complexity index is 1010. The van der Waals surface area contributed by atoms with E-state index in [0.29, 0.717) is 0 Å². The largest absolute Gasteiger partial charge is 0.443 e. The molecule has 0 aliphatic carbocycles. The van der Waals surface area contributed by atoms with E-state index in [0.717, 1.165) is 6.07 Å². The molecule has 0 aliphatic heterocycles. The second kappa shape index (κ2) is 6.87. The zero-order chi connectivity index (χ0) is 18.8. The third-order valence-corrected chi connectivity index (χ3v) is 4.12. The normalized spacial score (nSPS) is 11.0. The molecule has 0 atom stereocenters. The summed E-state index contributed by atoms with van der Waals surface area (Å²) in [6.07, 6.45) is 0. The SMILES string of the molecule is CC(=O)c1c(NNC(=O)c2ccccc2S(N)(=O)=O)oc(C)cc1=O. The van der Waals surface area contributed by atoms with Gasteiger partial charge in [-0.05, 0) is 26.0 Å². The summed E-state index contributed by atoms with van der Waals surface area (Å²) in [7, 11) is -4.11. The molecule has 0 saturated carbocycles. The van der Waals surface area contributed by atoms with Crippen LogP contribution in [0, 0.1) is 6.92 Å². The number of primary sulfonamides is 1. The van der Waals surface area contributed by atoms with Crippen molar-refractivity contribution in [3.8, 4) is 0 Å². The molecule has 0 unspecified atom stereocenters. The summed E-state index contributed by atoms with van der Waals surface area (Å²) < 4.78 is 28.3. The maximum Gasteiger partial charge on any atom is 0.271 e. The number of carbonyl (C=O) groups excluding carboxylic acids is 2. The van der Waals surface area contributed by atoms with E-state index in [1.807, 2.05) is 0 Å². The number of ketones is 1. The van der Waals surface area contributed by atoms with Crippen LogP contribution in [0.5, 0.6) is 0 Å². The number of aryl methyl sites for hydroxylation is 1. The molecule has 25 heavy (non-hydrogen) atoms. The third-order valence-electron chi connectivity index (χ3n) is 3.15. The van der Waals surface area contributed by atoms with Crippen LogP contribution in [0.3, 0.4) is 0 Å². The summed E-state index contributed by atoms with van der Waals surface area (Å²) in [6, 6.07) is 6.45. The number of hydrogen-bond acceptors (Lipinski definition) is 7. The molecule has 1 amide bonds. The highest BCUT2D eigenvalue weighted by Gasteiger charge is 2.20. The van der Waals surface area contributed by atoms with Crippen LogP contribution in [0.2, 0.25) is 0 Å². The second-order valence-corrected chi connectivity index (χ2v) is 6.63. The number of nitrogens with one attached hydrogen (secondary N) is 2. The van der Waals surface area contributed by atoms with E-state index in [2.05, 4.69) is 10.9 Å². The lowest BCUT2D eigenvalue weighted by Gasteiger charge is -2.12. The van der Waals surface area contributed by atoms with E-state index >= 15 is 0 Å². The van der Waals surface area contributed by atoms with Crippen LogP contribution in [0.4, 0.5) is 5.88 Å². The van der Waals surface area contributed by atoms with Crippen LogP contribution in [-0.2, 0) is 10.0 Å². The summed E-state index contributed by atoms with van der Waals surface area (Å²) in [5, 5.41) is 5.07. The van der Waals surface area contributed by atoms with Crippen LogP contribution in [-0.4, -0.2) is 20.1 Å². The average Bonchev–Trinajstić information content (AvgIpc) is 2.50. The fraction of sp³-hybridized carbons (Fsp3) is 0.133. The van der Waals surface area contributed by atoms with Crippen molar-refractivity contribution in [2.45, 2.75) is 18.7 Å². The lowest BCUT2D eigenvalue weighted by Crippen LogP contribution is -2.33. The number of hydrazine groups is 1. The Morgan fingerprint density at radius 3 is 2.44 bits per heavy atom. The molecule has 9 nitrogen and oxygen atoms in total. The highest BCUT2D eigenvalue weighted by molar-refractivity contribution is 7.89. The maximum atomic E-state index is 12.2. The van der Waals surface area contributed by atoms with Crippen molar-refractivity contribution in [3.05, 3.63) is 57.4 Å². The molecular weight excluding hydrogens is 350 g/mol. The number of anilines is 1. The van der Waals surface area contributed by atoms with Crippen LogP contribution < -0.4 is 21.4 Å². The Morgan fingerprint density at radius 1 is 1.20 bits per heavy atom. The summed E-state index contributed by atoms with van der Waals surface area (Å²) in [6.45, 7) is 2.67. The van der Waals surface area contributed by atoms with E-state index < -0.39 is 27.1 Å². The minimum Gasteiger partial charge on any atom is -0.443 e. The van der Waals surface area contributed by atoms with Crippen molar-refractivity contribution in [1.82, 2.24) is 5.43 Å². The van der Waals surface area contributed by atoms with Gasteiger partial charge in [0.05, 0.1) is 10.5 Å². The monoisotopic (exact) mass is 365 g/mol. The zero-order valence-electron chi connectivity index (χ0n) is 13.3. The molecule has 2 rings (SSSR count). The summed E-state index contributed by atoms with van der Waals surface area (Å²) in [5.41, 5.74) is 3.46. The van der Waals surface area contributed by atoms with Gasteiger partial charge < -0.3 is 4.42 Å². The number of sulfonamides is 1. The first kappa shape index (κ1) is 18.4. The maximum absolute atomic E-state index is 12.2. The van der Waals surface area contributed by atoms with Crippen LogP contribution in [0.15, 0.2) is 44.4 Å². The van der Waals surface area contributed by atoms with Gasteiger partial charge in [-0.15, -0.1) is 0 Å². The van der Waals surface area contributed by atoms with Gasteiger partial charge in [-0.1, -0.05) is 12.1 Å². The third kappa shape index (κ3) is 4.11. The van der Waals surface area contributed by atoms with Gasteiger partial charge in [-0.25, -0.2) is 13.6 Å². The van der Waals surface area contributed by atoms with E-state index in [9.17, 15) is 22.8 Å². The number of hydrogen-bond donors (Lipinski definition) is 3. The molecule has 10 heteroatoms. The van der Waals surface area contributed by atoms with Gasteiger partial charge in [0.2, 0.25) is 15.9 Å². The molecule has 1 heterocycles. The molecular formula is C15H15N3O6S. The number of rotatable bonds is 5. The quantitative estimate of drug-likeness (QED) is 0.517. The first-order valence-electron chi connectivity index (χ1n) is 6.95. The van der Waals surface area contributed by atoms with Gasteiger partial charge in [0.25, 0.3) is 5.91 Å². The minimum atomic E-state index is -4.11. The van der Waals surface area contributed by atoms with Crippen LogP contribution in [0.1, 0.15) is 33.4 Å².